The molecule has 6 heteroatoms. The van der Waals surface area contributed by atoms with Gasteiger partial charge in [0, 0.05) is 18.0 Å². The molecule has 0 N–H and O–H groups in total. The molecule has 3 heterocycles. The summed E-state index contributed by atoms with van der Waals surface area (Å²) < 4.78 is 16.1. The number of carbonyl (C=O) groups excluding carboxylic acids is 2. The Morgan fingerprint density at radius 1 is 1.00 bits per heavy atom. The normalized spacial score (nSPS) is 20.5. The standard InChI is InChI=1S/C22H19NO5/c1-2-13-3-6-15(7-4-13)23-17-11-26-22(25)21(17)16(10-20(23)24)14-5-8-18-19(9-14)28-12-27-18/h3-9,16H,2,10-12H2,1H3/t16-/m0/s1. The van der Waals surface area contributed by atoms with Crippen LogP contribution in [0.2, 0.25) is 0 Å². The summed E-state index contributed by atoms with van der Waals surface area (Å²) in [5.74, 6) is 0.547. The smallest absolute Gasteiger partial charge is 0.336 e. The minimum absolute atomic E-state index is 0.0519. The van der Waals surface area contributed by atoms with Gasteiger partial charge in [0.05, 0.1) is 11.3 Å². The van der Waals surface area contributed by atoms with E-state index in [4.69, 9.17) is 14.2 Å². The maximum absolute atomic E-state index is 13.1. The fourth-order valence-electron chi connectivity index (χ4n) is 4.05. The van der Waals surface area contributed by atoms with E-state index < -0.39 is 0 Å². The molecular formula is C22H19NO5. The van der Waals surface area contributed by atoms with E-state index in [9.17, 15) is 9.59 Å². The zero-order chi connectivity index (χ0) is 19.3. The van der Waals surface area contributed by atoms with Crippen molar-refractivity contribution in [3.8, 4) is 11.5 Å². The first-order chi connectivity index (χ1) is 13.7. The van der Waals surface area contributed by atoms with Gasteiger partial charge in [-0.15, -0.1) is 0 Å². The van der Waals surface area contributed by atoms with Crippen LogP contribution in [0.3, 0.4) is 0 Å². The average Bonchev–Trinajstić information content (AvgIpc) is 3.34. The van der Waals surface area contributed by atoms with Gasteiger partial charge >= 0.3 is 5.97 Å². The van der Waals surface area contributed by atoms with Gasteiger partial charge in [-0.05, 0) is 41.8 Å². The molecular weight excluding hydrogens is 358 g/mol. The van der Waals surface area contributed by atoms with Gasteiger partial charge in [-0.3, -0.25) is 9.69 Å². The number of rotatable bonds is 3. The second kappa shape index (κ2) is 6.41. The Kier molecular flexibility index (Phi) is 3.86. The molecule has 6 nitrogen and oxygen atoms in total. The molecule has 28 heavy (non-hydrogen) atoms. The van der Waals surface area contributed by atoms with Crippen molar-refractivity contribution in [3.05, 3.63) is 64.9 Å². The highest BCUT2D eigenvalue weighted by Crippen LogP contribution is 2.44. The molecule has 0 saturated carbocycles. The van der Waals surface area contributed by atoms with Crippen LogP contribution in [0.5, 0.6) is 11.5 Å². The van der Waals surface area contributed by atoms with Gasteiger partial charge in [0.25, 0.3) is 0 Å². The molecule has 0 aromatic heterocycles. The van der Waals surface area contributed by atoms with Gasteiger partial charge in [0.1, 0.15) is 6.61 Å². The summed E-state index contributed by atoms with van der Waals surface area (Å²) in [6, 6.07) is 13.4. The third-order valence-corrected chi connectivity index (χ3v) is 5.52. The van der Waals surface area contributed by atoms with Crippen LogP contribution in [0, 0.1) is 0 Å². The molecule has 3 aliphatic rings. The van der Waals surface area contributed by atoms with Crippen molar-refractivity contribution in [1.82, 2.24) is 0 Å². The number of fused-ring (bicyclic) bond motifs is 1. The van der Waals surface area contributed by atoms with Gasteiger partial charge < -0.3 is 14.2 Å². The van der Waals surface area contributed by atoms with Crippen LogP contribution in [-0.2, 0) is 20.7 Å². The number of aryl methyl sites for hydroxylation is 1. The van der Waals surface area contributed by atoms with E-state index in [1.54, 1.807) is 4.90 Å². The first kappa shape index (κ1) is 16.9. The summed E-state index contributed by atoms with van der Waals surface area (Å²) in [6.45, 7) is 2.37. The number of benzene rings is 2. The fraction of sp³-hybridized carbons (Fsp3) is 0.273. The number of ether oxygens (including phenoxy) is 3. The lowest BCUT2D eigenvalue weighted by Gasteiger charge is -2.32. The third-order valence-electron chi connectivity index (χ3n) is 5.52. The highest BCUT2D eigenvalue weighted by molar-refractivity contribution is 6.06. The molecule has 0 fully saturated rings. The van der Waals surface area contributed by atoms with Crippen molar-refractivity contribution < 1.29 is 23.8 Å². The maximum Gasteiger partial charge on any atom is 0.336 e. The topological polar surface area (TPSA) is 65.1 Å². The SMILES string of the molecule is CCc1ccc(N2C(=O)C[C@@H](c3ccc4c(c3)OCO4)C3=C2COC3=O)cc1. The molecule has 5 rings (SSSR count). The van der Waals surface area contributed by atoms with E-state index in [-0.39, 0.29) is 37.6 Å². The average molecular weight is 377 g/mol. The van der Waals surface area contributed by atoms with Gasteiger partial charge in [0.2, 0.25) is 12.7 Å². The summed E-state index contributed by atoms with van der Waals surface area (Å²) in [5, 5.41) is 0. The number of hydrogen-bond donors (Lipinski definition) is 0. The predicted octanol–water partition coefficient (Wildman–Crippen LogP) is 3.31. The van der Waals surface area contributed by atoms with Crippen LogP contribution in [0.25, 0.3) is 0 Å². The summed E-state index contributed by atoms with van der Waals surface area (Å²) in [6.07, 6.45) is 1.12. The Morgan fingerprint density at radius 3 is 2.57 bits per heavy atom. The van der Waals surface area contributed by atoms with Gasteiger partial charge in [-0.1, -0.05) is 25.1 Å². The first-order valence-electron chi connectivity index (χ1n) is 9.37. The van der Waals surface area contributed by atoms with Crippen molar-refractivity contribution >= 4 is 17.6 Å². The molecule has 0 spiro atoms. The van der Waals surface area contributed by atoms with Crippen LogP contribution < -0.4 is 14.4 Å². The summed E-state index contributed by atoms with van der Waals surface area (Å²) in [5.41, 5.74) is 3.99. The zero-order valence-corrected chi connectivity index (χ0v) is 15.4. The zero-order valence-electron chi connectivity index (χ0n) is 15.4. The van der Waals surface area contributed by atoms with Crippen LogP contribution in [0.1, 0.15) is 30.4 Å². The summed E-state index contributed by atoms with van der Waals surface area (Å²) >= 11 is 0. The number of nitrogens with zero attached hydrogens (tertiary/aromatic N) is 1. The first-order valence-corrected chi connectivity index (χ1v) is 9.37. The molecule has 0 bridgehead atoms. The molecule has 0 aliphatic carbocycles. The third kappa shape index (κ3) is 2.56. The van der Waals surface area contributed by atoms with E-state index in [0.717, 1.165) is 17.7 Å². The lowest BCUT2D eigenvalue weighted by molar-refractivity contribution is -0.136. The molecule has 0 unspecified atom stereocenters. The Morgan fingerprint density at radius 2 is 1.79 bits per heavy atom. The molecule has 2 aromatic rings. The quantitative estimate of drug-likeness (QED) is 0.768. The Bertz CT molecular complexity index is 1010. The van der Waals surface area contributed by atoms with Crippen molar-refractivity contribution in [1.29, 1.82) is 0 Å². The summed E-state index contributed by atoms with van der Waals surface area (Å²) in [4.78, 5) is 27.2. The number of hydrogen-bond acceptors (Lipinski definition) is 5. The second-order valence-electron chi connectivity index (χ2n) is 7.06. The summed E-state index contributed by atoms with van der Waals surface area (Å²) in [7, 11) is 0. The van der Waals surface area contributed by atoms with Gasteiger partial charge in [-0.2, -0.15) is 0 Å². The van der Waals surface area contributed by atoms with Crippen molar-refractivity contribution in [2.45, 2.75) is 25.7 Å². The van der Waals surface area contributed by atoms with Crippen LogP contribution in [0.4, 0.5) is 5.69 Å². The lowest BCUT2D eigenvalue weighted by atomic mass is 9.84. The largest absolute Gasteiger partial charge is 0.456 e. The molecule has 142 valence electrons. The predicted molar refractivity (Wildman–Crippen MR) is 101 cm³/mol. The van der Waals surface area contributed by atoms with Crippen LogP contribution in [-0.4, -0.2) is 25.3 Å². The van der Waals surface area contributed by atoms with E-state index >= 15 is 0 Å². The van der Waals surface area contributed by atoms with E-state index in [1.807, 2.05) is 42.5 Å². The highest BCUT2D eigenvalue weighted by atomic mass is 16.7. The van der Waals surface area contributed by atoms with Crippen molar-refractivity contribution in [2.24, 2.45) is 0 Å². The maximum atomic E-state index is 13.1. The van der Waals surface area contributed by atoms with E-state index in [0.29, 0.717) is 22.8 Å². The Hall–Kier alpha value is -3.28. The van der Waals surface area contributed by atoms with Gasteiger partial charge in [0.15, 0.2) is 11.5 Å². The molecule has 0 radical (unpaired) electrons. The number of esters is 1. The highest BCUT2D eigenvalue weighted by Gasteiger charge is 2.43. The van der Waals surface area contributed by atoms with E-state index in [2.05, 4.69) is 6.92 Å². The van der Waals surface area contributed by atoms with Crippen molar-refractivity contribution in [3.63, 3.8) is 0 Å². The van der Waals surface area contributed by atoms with Crippen molar-refractivity contribution in [2.75, 3.05) is 18.3 Å². The van der Waals surface area contributed by atoms with E-state index in [1.165, 1.54) is 5.56 Å². The van der Waals surface area contributed by atoms with Crippen LogP contribution in [0.15, 0.2) is 53.7 Å². The lowest BCUT2D eigenvalue weighted by Crippen LogP contribution is -2.37. The monoisotopic (exact) mass is 377 g/mol. The Labute approximate surface area is 162 Å². The molecule has 1 atom stereocenters. The van der Waals surface area contributed by atoms with Crippen LogP contribution >= 0.6 is 0 Å². The number of amides is 1. The molecule has 2 aromatic carbocycles. The second-order valence-corrected chi connectivity index (χ2v) is 7.06. The molecule has 1 amide bonds. The number of cyclic esters (lactones) is 1. The number of carbonyl (C=O) groups is 2. The minimum atomic E-state index is -0.361. The van der Waals surface area contributed by atoms with Gasteiger partial charge in [-0.25, -0.2) is 4.79 Å². The minimum Gasteiger partial charge on any atom is -0.456 e. The fourth-order valence-corrected chi connectivity index (χ4v) is 4.05. The number of anilines is 1. The molecule has 3 aliphatic heterocycles. The molecule has 0 saturated heterocycles. The Balaban J connectivity index is 1.57.